The Bertz CT molecular complexity index is 669. The molecule has 7 nitrogen and oxygen atoms in total. The Hall–Kier alpha value is -2.44. The molecule has 2 N–H and O–H groups in total. The average Bonchev–Trinajstić information content (AvgIpc) is 3.51. The molecule has 1 aromatic rings. The van der Waals surface area contributed by atoms with Crippen molar-refractivity contribution in [2.24, 2.45) is 11.8 Å². The molecule has 0 saturated heterocycles. The molecule has 2 aliphatic carbocycles. The first-order chi connectivity index (χ1) is 13.0. The number of hydrogen-bond acceptors (Lipinski definition) is 5. The van der Waals surface area contributed by atoms with Gasteiger partial charge in [-0.15, -0.1) is 0 Å². The van der Waals surface area contributed by atoms with Crippen molar-refractivity contribution >= 4 is 17.5 Å². The summed E-state index contributed by atoms with van der Waals surface area (Å²) >= 11 is 0. The highest BCUT2D eigenvalue weighted by Gasteiger charge is 2.32. The zero-order chi connectivity index (χ0) is 19.4. The number of hydrogen-bond donors (Lipinski definition) is 2. The molecule has 0 unspecified atom stereocenters. The molecule has 0 atom stereocenters. The van der Waals surface area contributed by atoms with Crippen molar-refractivity contribution in [2.75, 3.05) is 26.6 Å². The standard InChI is InChI=1S/C20H28N2O5/c1-25-16-10-15(11-17(26-2)18(16)27-3)22-20(24)13-6-4-12(5-7-13)19(23)21-14-8-9-14/h10-14H,4-9H2,1-3H3,(H,21,23)(H,22,24). The smallest absolute Gasteiger partial charge is 0.227 e. The van der Waals surface area contributed by atoms with E-state index in [1.807, 2.05) is 0 Å². The van der Waals surface area contributed by atoms with Crippen LogP contribution in [0.15, 0.2) is 12.1 Å². The van der Waals surface area contributed by atoms with Crippen LogP contribution in [-0.4, -0.2) is 39.2 Å². The second-order valence-electron chi connectivity index (χ2n) is 7.23. The summed E-state index contributed by atoms with van der Waals surface area (Å²) < 4.78 is 15.9. The summed E-state index contributed by atoms with van der Waals surface area (Å²) in [5.41, 5.74) is 0.600. The number of benzene rings is 1. The van der Waals surface area contributed by atoms with Crippen LogP contribution in [0.1, 0.15) is 38.5 Å². The van der Waals surface area contributed by atoms with Gasteiger partial charge in [-0.05, 0) is 38.5 Å². The van der Waals surface area contributed by atoms with Crippen molar-refractivity contribution in [3.8, 4) is 17.2 Å². The maximum absolute atomic E-state index is 12.7. The predicted molar refractivity (Wildman–Crippen MR) is 101 cm³/mol. The first kappa shape index (κ1) is 19.3. The second-order valence-corrected chi connectivity index (χ2v) is 7.23. The Morgan fingerprint density at radius 3 is 1.78 bits per heavy atom. The van der Waals surface area contributed by atoms with Crippen LogP contribution in [0, 0.1) is 11.8 Å². The van der Waals surface area contributed by atoms with E-state index in [0.29, 0.717) is 29.0 Å². The third-order valence-corrected chi connectivity index (χ3v) is 5.32. The highest BCUT2D eigenvalue weighted by Crippen LogP contribution is 2.40. The minimum atomic E-state index is -0.0888. The molecule has 0 radical (unpaired) electrons. The molecule has 2 saturated carbocycles. The van der Waals surface area contributed by atoms with Crippen molar-refractivity contribution in [3.63, 3.8) is 0 Å². The molecule has 148 valence electrons. The molecular formula is C20H28N2O5. The Morgan fingerprint density at radius 2 is 1.33 bits per heavy atom. The lowest BCUT2D eigenvalue weighted by molar-refractivity contribution is -0.128. The van der Waals surface area contributed by atoms with Gasteiger partial charge in [-0.1, -0.05) is 0 Å². The van der Waals surface area contributed by atoms with Gasteiger partial charge in [0.15, 0.2) is 11.5 Å². The first-order valence-corrected chi connectivity index (χ1v) is 9.47. The fourth-order valence-corrected chi connectivity index (χ4v) is 3.56. The van der Waals surface area contributed by atoms with E-state index in [9.17, 15) is 9.59 Å². The van der Waals surface area contributed by atoms with Crippen molar-refractivity contribution in [3.05, 3.63) is 12.1 Å². The van der Waals surface area contributed by atoms with Gasteiger partial charge in [0.2, 0.25) is 17.6 Å². The summed E-state index contributed by atoms with van der Waals surface area (Å²) in [6.07, 6.45) is 5.15. The molecule has 0 spiro atoms. The molecule has 2 fully saturated rings. The molecule has 2 amide bonds. The van der Waals surface area contributed by atoms with E-state index >= 15 is 0 Å². The Kier molecular flexibility index (Phi) is 6.08. The Labute approximate surface area is 159 Å². The number of nitrogens with one attached hydrogen (secondary N) is 2. The van der Waals surface area contributed by atoms with Crippen molar-refractivity contribution in [1.29, 1.82) is 0 Å². The maximum Gasteiger partial charge on any atom is 0.227 e. The predicted octanol–water partition coefficient (Wildman–Crippen LogP) is 2.74. The van der Waals surface area contributed by atoms with Crippen molar-refractivity contribution in [2.45, 2.75) is 44.6 Å². The van der Waals surface area contributed by atoms with E-state index in [1.54, 1.807) is 12.1 Å². The first-order valence-electron chi connectivity index (χ1n) is 9.47. The summed E-state index contributed by atoms with van der Waals surface area (Å²) in [6, 6.07) is 3.82. The van der Waals surface area contributed by atoms with Gasteiger partial charge in [0.1, 0.15) is 0 Å². The zero-order valence-electron chi connectivity index (χ0n) is 16.2. The van der Waals surface area contributed by atoms with Gasteiger partial charge in [-0.25, -0.2) is 0 Å². The van der Waals surface area contributed by atoms with Gasteiger partial charge in [-0.3, -0.25) is 9.59 Å². The summed E-state index contributed by atoms with van der Waals surface area (Å²) in [6.45, 7) is 0. The third-order valence-electron chi connectivity index (χ3n) is 5.32. The highest BCUT2D eigenvalue weighted by atomic mass is 16.5. The normalized spacial score (nSPS) is 21.9. The summed E-state index contributed by atoms with van der Waals surface area (Å²) in [4.78, 5) is 24.8. The second kappa shape index (κ2) is 8.50. The lowest BCUT2D eigenvalue weighted by Gasteiger charge is -2.27. The quantitative estimate of drug-likeness (QED) is 0.764. The molecule has 0 bridgehead atoms. The molecule has 0 heterocycles. The minimum Gasteiger partial charge on any atom is -0.493 e. The van der Waals surface area contributed by atoms with Gasteiger partial charge in [-0.2, -0.15) is 0 Å². The SMILES string of the molecule is COc1cc(NC(=O)C2CCC(C(=O)NC3CC3)CC2)cc(OC)c1OC. The minimum absolute atomic E-state index is 0.0367. The Balaban J connectivity index is 1.58. The fraction of sp³-hybridized carbons (Fsp3) is 0.600. The van der Waals surface area contributed by atoms with Gasteiger partial charge in [0, 0.05) is 35.7 Å². The summed E-state index contributed by atoms with van der Waals surface area (Å²) in [7, 11) is 4.62. The van der Waals surface area contributed by atoms with E-state index in [0.717, 1.165) is 38.5 Å². The molecule has 7 heteroatoms. The average molecular weight is 376 g/mol. The topological polar surface area (TPSA) is 85.9 Å². The number of rotatable bonds is 7. The largest absolute Gasteiger partial charge is 0.493 e. The van der Waals surface area contributed by atoms with Gasteiger partial charge >= 0.3 is 0 Å². The number of ether oxygens (including phenoxy) is 3. The van der Waals surface area contributed by atoms with Gasteiger partial charge < -0.3 is 24.8 Å². The van der Waals surface area contributed by atoms with Crippen LogP contribution >= 0.6 is 0 Å². The lowest BCUT2D eigenvalue weighted by Crippen LogP contribution is -2.36. The number of anilines is 1. The van der Waals surface area contributed by atoms with E-state index in [4.69, 9.17) is 14.2 Å². The number of methoxy groups -OCH3 is 3. The molecule has 27 heavy (non-hydrogen) atoms. The lowest BCUT2D eigenvalue weighted by atomic mass is 9.81. The summed E-state index contributed by atoms with van der Waals surface area (Å²) in [5, 5.41) is 6.01. The molecular weight excluding hydrogens is 348 g/mol. The van der Waals surface area contributed by atoms with Crippen molar-refractivity contribution in [1.82, 2.24) is 5.32 Å². The van der Waals surface area contributed by atoms with Crippen LogP contribution < -0.4 is 24.8 Å². The molecule has 3 rings (SSSR count). The molecule has 0 aliphatic heterocycles. The number of carbonyl (C=O) groups excluding carboxylic acids is 2. The monoisotopic (exact) mass is 376 g/mol. The van der Waals surface area contributed by atoms with Crippen LogP contribution in [0.5, 0.6) is 17.2 Å². The van der Waals surface area contributed by atoms with Crippen LogP contribution in [0.4, 0.5) is 5.69 Å². The van der Waals surface area contributed by atoms with Crippen molar-refractivity contribution < 1.29 is 23.8 Å². The highest BCUT2D eigenvalue weighted by molar-refractivity contribution is 5.93. The van der Waals surface area contributed by atoms with Crippen LogP contribution in [0.3, 0.4) is 0 Å². The molecule has 1 aromatic carbocycles. The van der Waals surface area contributed by atoms with Crippen LogP contribution in [-0.2, 0) is 9.59 Å². The van der Waals surface area contributed by atoms with Crippen LogP contribution in [0.2, 0.25) is 0 Å². The van der Waals surface area contributed by atoms with Crippen LogP contribution in [0.25, 0.3) is 0 Å². The zero-order valence-corrected chi connectivity index (χ0v) is 16.2. The van der Waals surface area contributed by atoms with E-state index in [1.165, 1.54) is 21.3 Å². The number of carbonyl (C=O) groups is 2. The van der Waals surface area contributed by atoms with E-state index in [-0.39, 0.29) is 23.7 Å². The number of amides is 2. The maximum atomic E-state index is 12.7. The molecule has 2 aliphatic rings. The third kappa shape index (κ3) is 4.64. The van der Waals surface area contributed by atoms with Gasteiger partial charge in [0.25, 0.3) is 0 Å². The Morgan fingerprint density at radius 1 is 0.815 bits per heavy atom. The molecule has 0 aromatic heterocycles. The fourth-order valence-electron chi connectivity index (χ4n) is 3.56. The summed E-state index contributed by atoms with van der Waals surface area (Å²) in [5.74, 6) is 1.54. The van der Waals surface area contributed by atoms with E-state index in [2.05, 4.69) is 10.6 Å². The van der Waals surface area contributed by atoms with Gasteiger partial charge in [0.05, 0.1) is 21.3 Å². The van der Waals surface area contributed by atoms with E-state index < -0.39 is 0 Å².